The molecule has 4 aromatic rings. The molecule has 0 radical (unpaired) electrons. The quantitative estimate of drug-likeness (QED) is 0.136. The van der Waals surface area contributed by atoms with Crippen LogP contribution >= 0.6 is 0 Å². The molecule has 2 saturated heterocycles. The van der Waals surface area contributed by atoms with E-state index in [2.05, 4.69) is 20.6 Å². The van der Waals surface area contributed by atoms with E-state index in [0.29, 0.717) is 71.2 Å². The van der Waals surface area contributed by atoms with Crippen molar-refractivity contribution in [2.24, 2.45) is 11.8 Å². The number of likely N-dealkylation sites (tertiary alicyclic amines) is 2. The predicted octanol–water partition coefficient (Wildman–Crippen LogP) is 6.38. The van der Waals surface area contributed by atoms with Gasteiger partial charge in [-0.1, -0.05) is 13.8 Å². The SMILES string of the molecule is Cc1cc(NC(=O)C(=O)N2C[C@@H](C)CC[C@@H]2c2cc(F)cc(F)c2)cnc1N.Cc1cc(NC(=O)C(=O)N2C[C@H](C)CC[C@H]2c2cc(F)cc(F)c2)cnc1N. The molecule has 0 saturated carbocycles. The highest BCUT2D eigenvalue weighted by Gasteiger charge is 2.36. The van der Waals surface area contributed by atoms with Gasteiger partial charge in [0.05, 0.1) is 35.9 Å². The number of nitrogens with zero attached hydrogens (tertiary/aromatic N) is 4. The smallest absolute Gasteiger partial charge is 0.313 e. The van der Waals surface area contributed by atoms with E-state index in [1.807, 2.05) is 13.8 Å². The molecule has 12 nitrogen and oxygen atoms in total. The van der Waals surface area contributed by atoms with Crippen LogP contribution < -0.4 is 22.1 Å². The van der Waals surface area contributed by atoms with Crippen LogP contribution in [0.25, 0.3) is 0 Å². The average Bonchev–Trinajstić information content (AvgIpc) is 3.13. The number of hydrogen-bond acceptors (Lipinski definition) is 8. The molecular formula is C40H44F4N8O4. The summed E-state index contributed by atoms with van der Waals surface area (Å²) in [6.07, 6.45) is 5.35. The van der Waals surface area contributed by atoms with Crippen LogP contribution in [0.4, 0.5) is 40.6 Å². The van der Waals surface area contributed by atoms with E-state index < -0.39 is 59.0 Å². The van der Waals surface area contributed by atoms with Crippen molar-refractivity contribution in [3.8, 4) is 0 Å². The lowest BCUT2D eigenvalue weighted by Crippen LogP contribution is -2.46. The van der Waals surface area contributed by atoms with E-state index in [1.54, 1.807) is 26.0 Å². The number of anilines is 4. The third kappa shape index (κ3) is 10.2. The van der Waals surface area contributed by atoms with E-state index in [4.69, 9.17) is 11.5 Å². The molecule has 0 aliphatic carbocycles. The highest BCUT2D eigenvalue weighted by molar-refractivity contribution is 6.40. The number of nitrogens with two attached hydrogens (primary N) is 2. The van der Waals surface area contributed by atoms with Crippen LogP contribution in [0.5, 0.6) is 0 Å². The standard InChI is InChI=1S/2C20H22F2N4O2/c2*1-11-3-4-17(13-6-14(21)8-15(22)7-13)26(10-11)20(28)19(27)25-16-5-12(2)18(23)24-9-16/h2*5-9,11,17H,3-4,10H2,1-2H3,(H2,23,24)(H,25,27)/t2*11-,17+/m10/s1. The Morgan fingerprint density at radius 3 is 1.25 bits per heavy atom. The van der Waals surface area contributed by atoms with Crippen LogP contribution in [0.15, 0.2) is 60.9 Å². The summed E-state index contributed by atoms with van der Waals surface area (Å²) in [5.74, 6) is -5.01. The van der Waals surface area contributed by atoms with Gasteiger partial charge in [0.15, 0.2) is 0 Å². The Kier molecular flexibility index (Phi) is 12.9. The molecule has 6 rings (SSSR count). The topological polar surface area (TPSA) is 177 Å². The largest absolute Gasteiger partial charge is 0.383 e. The number of pyridine rings is 2. The summed E-state index contributed by atoms with van der Waals surface area (Å²) in [5.41, 5.74) is 14.0. The van der Waals surface area contributed by atoms with Gasteiger partial charge >= 0.3 is 23.6 Å². The molecule has 4 atom stereocenters. The van der Waals surface area contributed by atoms with Gasteiger partial charge in [0.2, 0.25) is 0 Å². The Bertz CT molecular complexity index is 1950. The fraction of sp³-hybridized carbons (Fsp3) is 0.350. The molecule has 2 aliphatic rings. The second-order valence-corrected chi connectivity index (χ2v) is 14.5. The lowest BCUT2D eigenvalue weighted by atomic mass is 9.89. The molecule has 6 N–H and O–H groups in total. The average molecular weight is 777 g/mol. The van der Waals surface area contributed by atoms with Crippen LogP contribution in [0.3, 0.4) is 0 Å². The maximum absolute atomic E-state index is 13.7. The number of nitrogens with one attached hydrogen (secondary N) is 2. The normalized spacial score (nSPS) is 19.4. The van der Waals surface area contributed by atoms with Gasteiger partial charge in [-0.05, 0) is 110 Å². The zero-order chi connectivity index (χ0) is 40.8. The molecule has 2 aromatic carbocycles. The Morgan fingerprint density at radius 1 is 0.589 bits per heavy atom. The van der Waals surface area contributed by atoms with Crippen molar-refractivity contribution < 1.29 is 36.7 Å². The number of carbonyl (C=O) groups excluding carboxylic acids is 4. The zero-order valence-electron chi connectivity index (χ0n) is 31.4. The summed E-state index contributed by atoms with van der Waals surface area (Å²) in [5, 5.41) is 5.04. The van der Waals surface area contributed by atoms with Crippen molar-refractivity contribution in [2.75, 3.05) is 35.2 Å². The number of amides is 4. The van der Waals surface area contributed by atoms with E-state index in [9.17, 15) is 36.7 Å². The van der Waals surface area contributed by atoms with Gasteiger partial charge in [0.1, 0.15) is 34.9 Å². The number of benzene rings is 2. The van der Waals surface area contributed by atoms with E-state index >= 15 is 0 Å². The molecule has 0 bridgehead atoms. The molecule has 0 spiro atoms. The van der Waals surface area contributed by atoms with Crippen LogP contribution in [-0.2, 0) is 19.2 Å². The second-order valence-electron chi connectivity index (χ2n) is 14.5. The molecule has 2 fully saturated rings. The molecule has 4 amide bonds. The summed E-state index contributed by atoms with van der Waals surface area (Å²) in [6, 6.07) is 8.48. The molecule has 16 heteroatoms. The third-order valence-corrected chi connectivity index (χ3v) is 9.84. The van der Waals surface area contributed by atoms with Crippen LogP contribution in [0.2, 0.25) is 0 Å². The van der Waals surface area contributed by atoms with Crippen molar-refractivity contribution in [3.63, 3.8) is 0 Å². The fourth-order valence-corrected chi connectivity index (χ4v) is 6.92. The number of halogens is 4. The Morgan fingerprint density at radius 2 is 0.929 bits per heavy atom. The summed E-state index contributed by atoms with van der Waals surface area (Å²) in [4.78, 5) is 61.4. The molecule has 296 valence electrons. The zero-order valence-corrected chi connectivity index (χ0v) is 31.4. The molecule has 2 aliphatic heterocycles. The van der Waals surface area contributed by atoms with Gasteiger partial charge < -0.3 is 31.9 Å². The van der Waals surface area contributed by atoms with Crippen molar-refractivity contribution in [3.05, 3.63) is 106 Å². The van der Waals surface area contributed by atoms with E-state index in [-0.39, 0.29) is 11.8 Å². The van der Waals surface area contributed by atoms with Crippen molar-refractivity contribution >= 4 is 46.6 Å². The van der Waals surface area contributed by atoms with Crippen LogP contribution in [0.1, 0.15) is 73.9 Å². The lowest BCUT2D eigenvalue weighted by Gasteiger charge is -2.38. The predicted molar refractivity (Wildman–Crippen MR) is 202 cm³/mol. The minimum absolute atomic E-state index is 0.173. The highest BCUT2D eigenvalue weighted by Crippen LogP contribution is 2.35. The highest BCUT2D eigenvalue weighted by atomic mass is 19.1. The van der Waals surface area contributed by atoms with Gasteiger partial charge in [-0.3, -0.25) is 19.2 Å². The maximum atomic E-state index is 13.7. The first-order valence-corrected chi connectivity index (χ1v) is 18.1. The molecule has 2 aromatic heterocycles. The fourth-order valence-electron chi connectivity index (χ4n) is 6.92. The maximum Gasteiger partial charge on any atom is 0.313 e. The van der Waals surface area contributed by atoms with Crippen LogP contribution in [0, 0.1) is 49.0 Å². The first-order chi connectivity index (χ1) is 26.5. The Labute approximate surface area is 321 Å². The first kappa shape index (κ1) is 41.1. The van der Waals surface area contributed by atoms with Crippen molar-refractivity contribution in [2.45, 2.75) is 65.5 Å². The summed E-state index contributed by atoms with van der Waals surface area (Å²) in [6.45, 7) is 8.06. The van der Waals surface area contributed by atoms with E-state index in [1.165, 1.54) is 46.5 Å². The number of aromatic nitrogens is 2. The number of aryl methyl sites for hydroxylation is 2. The van der Waals surface area contributed by atoms with Gasteiger partial charge in [-0.25, -0.2) is 27.5 Å². The van der Waals surface area contributed by atoms with Gasteiger partial charge in [0, 0.05) is 25.2 Å². The summed E-state index contributed by atoms with van der Waals surface area (Å²) in [7, 11) is 0. The number of hydrogen-bond donors (Lipinski definition) is 4. The number of piperidine rings is 2. The molecular weight excluding hydrogens is 732 g/mol. The summed E-state index contributed by atoms with van der Waals surface area (Å²) >= 11 is 0. The third-order valence-electron chi connectivity index (χ3n) is 9.84. The molecule has 4 heterocycles. The van der Waals surface area contributed by atoms with Gasteiger partial charge in [-0.2, -0.15) is 0 Å². The minimum atomic E-state index is -0.832. The van der Waals surface area contributed by atoms with Gasteiger partial charge in [0.25, 0.3) is 0 Å². The monoisotopic (exact) mass is 776 g/mol. The Hall–Kier alpha value is -6.06. The first-order valence-electron chi connectivity index (χ1n) is 18.1. The minimum Gasteiger partial charge on any atom is -0.383 e. The van der Waals surface area contributed by atoms with E-state index in [0.717, 1.165) is 25.0 Å². The van der Waals surface area contributed by atoms with Crippen LogP contribution in [-0.4, -0.2) is 56.5 Å². The number of carbonyl (C=O) groups is 4. The number of nitrogen functional groups attached to an aromatic ring is 2. The number of rotatable bonds is 4. The summed E-state index contributed by atoms with van der Waals surface area (Å²) < 4.78 is 54.7. The van der Waals surface area contributed by atoms with Gasteiger partial charge in [-0.15, -0.1) is 0 Å². The molecule has 56 heavy (non-hydrogen) atoms. The lowest BCUT2D eigenvalue weighted by molar-refractivity contribution is -0.146. The Balaban J connectivity index is 0.000000214. The second kappa shape index (κ2) is 17.6. The van der Waals surface area contributed by atoms with Crippen molar-refractivity contribution in [1.29, 1.82) is 0 Å². The van der Waals surface area contributed by atoms with Crippen molar-refractivity contribution in [1.82, 2.24) is 19.8 Å². The molecule has 0 unspecified atom stereocenters.